The number of pyridine rings is 1. The topological polar surface area (TPSA) is 70.1 Å². The summed E-state index contributed by atoms with van der Waals surface area (Å²) in [6.45, 7) is 0.402. The number of para-hydroxylation sites is 2. The van der Waals surface area contributed by atoms with Gasteiger partial charge in [0.2, 0.25) is 5.75 Å². The standard InChI is InChI=1S/C28H28N2O5/c1-30(17-18-10-6-9-13-24(18)32-2)28(31)21-16-23(29-22-12-8-7-11-20(21)22)19-14-25(33-3)27(35-5)26(15-19)34-4/h6-16H,17H2,1-5H3. The number of ether oxygens (including phenoxy) is 4. The van der Waals surface area contributed by atoms with Crippen molar-refractivity contribution in [3.05, 3.63) is 77.9 Å². The molecule has 0 aliphatic heterocycles. The van der Waals surface area contributed by atoms with Crippen LogP contribution in [0.1, 0.15) is 15.9 Å². The number of amides is 1. The van der Waals surface area contributed by atoms with E-state index in [0.29, 0.717) is 40.6 Å². The Bertz CT molecular complexity index is 1340. The van der Waals surface area contributed by atoms with Crippen LogP contribution in [0.25, 0.3) is 22.2 Å². The highest BCUT2D eigenvalue weighted by atomic mass is 16.5. The lowest BCUT2D eigenvalue weighted by molar-refractivity contribution is 0.0786. The van der Waals surface area contributed by atoms with Crippen molar-refractivity contribution in [2.24, 2.45) is 0 Å². The molecule has 180 valence electrons. The summed E-state index contributed by atoms with van der Waals surface area (Å²) in [4.78, 5) is 20.2. The van der Waals surface area contributed by atoms with Gasteiger partial charge in [0.05, 0.1) is 45.2 Å². The molecular formula is C28H28N2O5. The van der Waals surface area contributed by atoms with Gasteiger partial charge in [0.1, 0.15) is 5.75 Å². The molecule has 7 heteroatoms. The third-order valence-corrected chi connectivity index (χ3v) is 5.85. The first-order valence-corrected chi connectivity index (χ1v) is 11.1. The number of methoxy groups -OCH3 is 4. The molecule has 4 rings (SSSR count). The van der Waals surface area contributed by atoms with Crippen molar-refractivity contribution in [2.45, 2.75) is 6.54 Å². The molecule has 4 aromatic rings. The highest BCUT2D eigenvalue weighted by Crippen LogP contribution is 2.41. The Morgan fingerprint density at radius 2 is 1.43 bits per heavy atom. The molecule has 0 fully saturated rings. The summed E-state index contributed by atoms with van der Waals surface area (Å²) in [7, 11) is 8.10. The van der Waals surface area contributed by atoms with Crippen LogP contribution in [-0.2, 0) is 6.54 Å². The smallest absolute Gasteiger partial charge is 0.254 e. The molecule has 0 bridgehead atoms. The average molecular weight is 473 g/mol. The highest BCUT2D eigenvalue weighted by molar-refractivity contribution is 6.07. The van der Waals surface area contributed by atoms with Crippen molar-refractivity contribution in [2.75, 3.05) is 35.5 Å². The zero-order valence-corrected chi connectivity index (χ0v) is 20.5. The molecule has 0 atom stereocenters. The van der Waals surface area contributed by atoms with Crippen molar-refractivity contribution < 1.29 is 23.7 Å². The van der Waals surface area contributed by atoms with Crippen LogP contribution >= 0.6 is 0 Å². The Kier molecular flexibility index (Phi) is 7.06. The predicted molar refractivity (Wildman–Crippen MR) is 136 cm³/mol. The van der Waals surface area contributed by atoms with E-state index in [1.807, 2.05) is 66.7 Å². The molecule has 0 saturated carbocycles. The number of carbonyl (C=O) groups excluding carboxylic acids is 1. The van der Waals surface area contributed by atoms with E-state index in [1.54, 1.807) is 40.4 Å². The molecular weight excluding hydrogens is 444 g/mol. The van der Waals surface area contributed by atoms with Crippen LogP contribution in [-0.4, -0.2) is 51.3 Å². The second-order valence-electron chi connectivity index (χ2n) is 7.96. The van der Waals surface area contributed by atoms with Crippen molar-refractivity contribution >= 4 is 16.8 Å². The van der Waals surface area contributed by atoms with Crippen molar-refractivity contribution in [1.82, 2.24) is 9.88 Å². The molecule has 1 amide bonds. The van der Waals surface area contributed by atoms with Gasteiger partial charge >= 0.3 is 0 Å². The monoisotopic (exact) mass is 472 g/mol. The normalized spacial score (nSPS) is 10.7. The predicted octanol–water partition coefficient (Wildman–Crippen LogP) is 5.21. The highest BCUT2D eigenvalue weighted by Gasteiger charge is 2.20. The zero-order valence-electron chi connectivity index (χ0n) is 20.5. The molecule has 3 aromatic carbocycles. The average Bonchev–Trinajstić information content (AvgIpc) is 2.91. The minimum atomic E-state index is -0.122. The lowest BCUT2D eigenvalue weighted by Crippen LogP contribution is -2.26. The van der Waals surface area contributed by atoms with Crippen LogP contribution in [0.5, 0.6) is 23.0 Å². The summed E-state index contributed by atoms with van der Waals surface area (Å²) in [6.07, 6.45) is 0. The Hall–Kier alpha value is -4.26. The second kappa shape index (κ2) is 10.3. The Morgan fingerprint density at radius 3 is 2.09 bits per heavy atom. The number of benzene rings is 3. The van der Waals surface area contributed by atoms with Crippen molar-refractivity contribution in [3.8, 4) is 34.3 Å². The molecule has 35 heavy (non-hydrogen) atoms. The molecule has 7 nitrogen and oxygen atoms in total. The van der Waals surface area contributed by atoms with Gasteiger partial charge < -0.3 is 23.8 Å². The third-order valence-electron chi connectivity index (χ3n) is 5.85. The van der Waals surface area contributed by atoms with Crippen molar-refractivity contribution in [3.63, 3.8) is 0 Å². The number of carbonyl (C=O) groups is 1. The van der Waals surface area contributed by atoms with E-state index in [1.165, 1.54) is 0 Å². The molecule has 1 aromatic heterocycles. The Balaban J connectivity index is 1.80. The molecule has 0 unspecified atom stereocenters. The van der Waals surface area contributed by atoms with Gasteiger partial charge in [0, 0.05) is 30.1 Å². The van der Waals surface area contributed by atoms with Crippen LogP contribution in [0.4, 0.5) is 0 Å². The van der Waals surface area contributed by atoms with Gasteiger partial charge in [0.25, 0.3) is 5.91 Å². The number of nitrogens with zero attached hydrogens (tertiary/aromatic N) is 2. The van der Waals surface area contributed by atoms with E-state index in [4.69, 9.17) is 23.9 Å². The fourth-order valence-electron chi connectivity index (χ4n) is 4.10. The molecule has 0 radical (unpaired) electrons. The summed E-state index contributed by atoms with van der Waals surface area (Å²) in [5.74, 6) is 2.14. The van der Waals surface area contributed by atoms with Crippen LogP contribution in [0.15, 0.2) is 66.7 Å². The van der Waals surface area contributed by atoms with Gasteiger partial charge in [-0.3, -0.25) is 4.79 Å². The maximum atomic E-state index is 13.7. The third kappa shape index (κ3) is 4.71. The summed E-state index contributed by atoms with van der Waals surface area (Å²) in [5.41, 5.74) is 3.56. The minimum absolute atomic E-state index is 0.122. The van der Waals surface area contributed by atoms with Crippen LogP contribution < -0.4 is 18.9 Å². The van der Waals surface area contributed by atoms with Gasteiger partial charge in [-0.2, -0.15) is 0 Å². The van der Waals surface area contributed by atoms with Crippen LogP contribution in [0.3, 0.4) is 0 Å². The largest absolute Gasteiger partial charge is 0.496 e. The summed E-state index contributed by atoms with van der Waals surface area (Å²) < 4.78 is 21.9. The Morgan fingerprint density at radius 1 is 0.800 bits per heavy atom. The summed E-state index contributed by atoms with van der Waals surface area (Å²) >= 11 is 0. The summed E-state index contributed by atoms with van der Waals surface area (Å²) in [6, 6.07) is 20.7. The van der Waals surface area contributed by atoms with E-state index < -0.39 is 0 Å². The fourth-order valence-corrected chi connectivity index (χ4v) is 4.10. The quantitative estimate of drug-likeness (QED) is 0.351. The van der Waals surface area contributed by atoms with E-state index in [0.717, 1.165) is 22.3 Å². The van der Waals surface area contributed by atoms with Crippen LogP contribution in [0, 0.1) is 0 Å². The second-order valence-corrected chi connectivity index (χ2v) is 7.96. The van der Waals surface area contributed by atoms with Crippen LogP contribution in [0.2, 0.25) is 0 Å². The van der Waals surface area contributed by atoms with E-state index in [9.17, 15) is 4.79 Å². The van der Waals surface area contributed by atoms with Gasteiger partial charge in [-0.1, -0.05) is 36.4 Å². The first-order chi connectivity index (χ1) is 17.0. The van der Waals surface area contributed by atoms with Gasteiger partial charge in [-0.15, -0.1) is 0 Å². The molecule has 1 heterocycles. The van der Waals surface area contributed by atoms with E-state index in [-0.39, 0.29) is 5.91 Å². The minimum Gasteiger partial charge on any atom is -0.496 e. The lowest BCUT2D eigenvalue weighted by atomic mass is 10.0. The maximum Gasteiger partial charge on any atom is 0.254 e. The summed E-state index contributed by atoms with van der Waals surface area (Å²) in [5, 5.41) is 0.778. The van der Waals surface area contributed by atoms with Gasteiger partial charge in [0.15, 0.2) is 11.5 Å². The number of rotatable bonds is 8. The number of hydrogen-bond donors (Lipinski definition) is 0. The molecule has 0 aliphatic rings. The number of hydrogen-bond acceptors (Lipinski definition) is 6. The molecule has 0 N–H and O–H groups in total. The zero-order chi connectivity index (χ0) is 24.9. The fraction of sp³-hybridized carbons (Fsp3) is 0.214. The van der Waals surface area contributed by atoms with E-state index in [2.05, 4.69) is 0 Å². The SMILES string of the molecule is COc1ccccc1CN(C)C(=O)c1cc(-c2cc(OC)c(OC)c(OC)c2)nc2ccccc12. The lowest BCUT2D eigenvalue weighted by Gasteiger charge is -2.20. The number of fused-ring (bicyclic) bond motifs is 1. The number of aromatic nitrogens is 1. The molecule has 0 spiro atoms. The van der Waals surface area contributed by atoms with Gasteiger partial charge in [-0.05, 0) is 30.3 Å². The first-order valence-electron chi connectivity index (χ1n) is 11.1. The van der Waals surface area contributed by atoms with Crippen molar-refractivity contribution in [1.29, 1.82) is 0 Å². The van der Waals surface area contributed by atoms with Gasteiger partial charge in [-0.25, -0.2) is 4.98 Å². The first kappa shape index (κ1) is 23.9. The maximum absolute atomic E-state index is 13.7. The molecule has 0 saturated heterocycles. The molecule has 0 aliphatic carbocycles. The Labute approximate surface area is 204 Å². The van der Waals surface area contributed by atoms with E-state index >= 15 is 0 Å².